The number of ether oxygens (including phenoxy) is 1. The number of amides is 1. The molecule has 1 aliphatic rings. The lowest BCUT2D eigenvalue weighted by Gasteiger charge is -2.35. The lowest BCUT2D eigenvalue weighted by Crippen LogP contribution is -2.47. The molecule has 1 unspecified atom stereocenters. The number of aromatic amines is 1. The Morgan fingerprint density at radius 2 is 1.94 bits per heavy atom. The molecular weight excluding hydrogens is 390 g/mol. The lowest BCUT2D eigenvalue weighted by atomic mass is 10.0. The van der Waals surface area contributed by atoms with E-state index in [4.69, 9.17) is 4.74 Å². The summed E-state index contributed by atoms with van der Waals surface area (Å²) in [6.45, 7) is 4.88. The molecule has 1 saturated heterocycles. The van der Waals surface area contributed by atoms with Crippen molar-refractivity contribution in [2.24, 2.45) is 0 Å². The van der Waals surface area contributed by atoms with Crippen molar-refractivity contribution in [1.82, 2.24) is 25.3 Å². The van der Waals surface area contributed by atoms with Gasteiger partial charge >= 0.3 is 0 Å². The van der Waals surface area contributed by atoms with Crippen LogP contribution < -0.4 is 10.1 Å². The van der Waals surface area contributed by atoms with E-state index in [1.165, 1.54) is 0 Å². The van der Waals surface area contributed by atoms with Gasteiger partial charge in [0, 0.05) is 55.6 Å². The predicted octanol–water partition coefficient (Wildman–Crippen LogP) is 2.80. The smallest absolute Gasteiger partial charge is 0.251 e. The third-order valence-corrected chi connectivity index (χ3v) is 5.82. The molecule has 162 valence electrons. The summed E-state index contributed by atoms with van der Waals surface area (Å²) in [5.74, 6) is 0.532. The SMILES string of the molecule is COc1cc(C(=O)NC(CN2CCN(C)CC2)c2ccccc2)ccc1-c1cn[nH]c1. The molecule has 3 aromatic rings. The second-order valence-corrected chi connectivity index (χ2v) is 7.94. The number of nitrogens with one attached hydrogen (secondary N) is 2. The van der Waals surface area contributed by atoms with Crippen LogP contribution in [0.5, 0.6) is 5.75 Å². The summed E-state index contributed by atoms with van der Waals surface area (Å²) < 4.78 is 5.55. The largest absolute Gasteiger partial charge is 0.496 e. The van der Waals surface area contributed by atoms with Crippen LogP contribution in [0.4, 0.5) is 0 Å². The van der Waals surface area contributed by atoms with Gasteiger partial charge < -0.3 is 15.0 Å². The number of carbonyl (C=O) groups is 1. The minimum Gasteiger partial charge on any atom is -0.496 e. The van der Waals surface area contributed by atoms with Crippen molar-refractivity contribution in [2.45, 2.75) is 6.04 Å². The van der Waals surface area contributed by atoms with E-state index >= 15 is 0 Å². The maximum Gasteiger partial charge on any atom is 0.251 e. The van der Waals surface area contributed by atoms with Gasteiger partial charge in [0.2, 0.25) is 0 Å². The molecular formula is C24H29N5O2. The molecule has 1 aromatic heterocycles. The number of hydrogen-bond acceptors (Lipinski definition) is 5. The van der Waals surface area contributed by atoms with Crippen LogP contribution in [-0.2, 0) is 0 Å². The van der Waals surface area contributed by atoms with E-state index in [-0.39, 0.29) is 11.9 Å². The van der Waals surface area contributed by atoms with Crippen LogP contribution in [0.1, 0.15) is 22.0 Å². The number of likely N-dealkylation sites (N-methyl/N-ethyl adjacent to an activating group) is 1. The Labute approximate surface area is 183 Å². The predicted molar refractivity (Wildman–Crippen MR) is 121 cm³/mol. The molecule has 31 heavy (non-hydrogen) atoms. The van der Waals surface area contributed by atoms with Gasteiger partial charge in [-0.05, 0) is 30.8 Å². The fourth-order valence-electron chi connectivity index (χ4n) is 3.92. The Hall–Kier alpha value is -3.16. The number of nitrogens with zero attached hydrogens (tertiary/aromatic N) is 3. The Balaban J connectivity index is 1.53. The third kappa shape index (κ3) is 5.13. The van der Waals surface area contributed by atoms with Crippen LogP contribution in [0.2, 0.25) is 0 Å². The lowest BCUT2D eigenvalue weighted by molar-refractivity contribution is 0.0907. The Morgan fingerprint density at radius 3 is 2.61 bits per heavy atom. The summed E-state index contributed by atoms with van der Waals surface area (Å²) in [7, 11) is 3.76. The summed E-state index contributed by atoms with van der Waals surface area (Å²) >= 11 is 0. The Morgan fingerprint density at radius 1 is 1.16 bits per heavy atom. The quantitative estimate of drug-likeness (QED) is 0.616. The minimum absolute atomic E-state index is 0.0864. The molecule has 2 heterocycles. The van der Waals surface area contributed by atoms with E-state index in [1.807, 2.05) is 30.3 Å². The van der Waals surface area contributed by atoms with Crippen molar-refractivity contribution in [2.75, 3.05) is 46.9 Å². The second-order valence-electron chi connectivity index (χ2n) is 7.94. The van der Waals surface area contributed by atoms with E-state index < -0.39 is 0 Å². The highest BCUT2D eigenvalue weighted by molar-refractivity contribution is 5.95. The fourth-order valence-corrected chi connectivity index (χ4v) is 3.92. The van der Waals surface area contributed by atoms with Gasteiger partial charge in [0.25, 0.3) is 5.91 Å². The number of rotatable bonds is 7. The van der Waals surface area contributed by atoms with Crippen LogP contribution in [0, 0.1) is 0 Å². The summed E-state index contributed by atoms with van der Waals surface area (Å²) in [4.78, 5) is 17.9. The molecule has 4 rings (SSSR count). The van der Waals surface area contributed by atoms with Gasteiger partial charge in [-0.3, -0.25) is 14.8 Å². The molecule has 0 radical (unpaired) electrons. The number of hydrogen-bond donors (Lipinski definition) is 2. The number of benzene rings is 2. The monoisotopic (exact) mass is 419 g/mol. The topological polar surface area (TPSA) is 73.5 Å². The third-order valence-electron chi connectivity index (χ3n) is 5.82. The van der Waals surface area contributed by atoms with Crippen LogP contribution in [0.3, 0.4) is 0 Å². The van der Waals surface area contributed by atoms with Gasteiger partial charge in [-0.25, -0.2) is 0 Å². The fraction of sp³-hybridized carbons (Fsp3) is 0.333. The van der Waals surface area contributed by atoms with Gasteiger partial charge in [-0.2, -0.15) is 5.10 Å². The highest BCUT2D eigenvalue weighted by Crippen LogP contribution is 2.30. The number of aromatic nitrogens is 2. The number of piperazine rings is 1. The van der Waals surface area contributed by atoms with Gasteiger partial charge in [0.1, 0.15) is 5.75 Å². The number of H-pyrrole nitrogens is 1. The standard InChI is InChI=1S/C24H29N5O2/c1-28-10-12-29(13-11-28)17-22(18-6-4-3-5-7-18)27-24(30)19-8-9-21(23(14-19)31-2)20-15-25-26-16-20/h3-9,14-16,22H,10-13,17H2,1-2H3,(H,25,26)(H,27,30). The normalized spacial score (nSPS) is 16.1. The molecule has 0 bridgehead atoms. The van der Waals surface area contributed by atoms with Gasteiger partial charge in [-0.15, -0.1) is 0 Å². The summed E-state index contributed by atoms with van der Waals surface area (Å²) in [5.41, 5.74) is 3.49. The highest BCUT2D eigenvalue weighted by atomic mass is 16.5. The van der Waals surface area contributed by atoms with Crippen LogP contribution in [-0.4, -0.2) is 72.8 Å². The summed E-state index contributed by atoms with van der Waals surface area (Å²) in [6, 6.07) is 15.6. The maximum atomic E-state index is 13.2. The number of carbonyl (C=O) groups excluding carboxylic acids is 1. The molecule has 7 nitrogen and oxygen atoms in total. The molecule has 2 N–H and O–H groups in total. The molecule has 7 heteroatoms. The zero-order valence-corrected chi connectivity index (χ0v) is 18.0. The molecule has 0 saturated carbocycles. The van der Waals surface area contributed by atoms with Gasteiger partial charge in [0.05, 0.1) is 19.3 Å². The average Bonchev–Trinajstić information content (AvgIpc) is 3.35. The first-order valence-electron chi connectivity index (χ1n) is 10.6. The van der Waals surface area contributed by atoms with E-state index in [0.717, 1.165) is 49.4 Å². The van der Waals surface area contributed by atoms with Crippen molar-refractivity contribution in [1.29, 1.82) is 0 Å². The van der Waals surface area contributed by atoms with Crippen LogP contribution in [0.25, 0.3) is 11.1 Å². The highest BCUT2D eigenvalue weighted by Gasteiger charge is 2.22. The first kappa shape index (κ1) is 21.1. The molecule has 1 amide bonds. The minimum atomic E-state index is -0.111. The van der Waals surface area contributed by atoms with Crippen molar-refractivity contribution >= 4 is 5.91 Å². The van der Waals surface area contributed by atoms with Crippen molar-refractivity contribution < 1.29 is 9.53 Å². The Bertz CT molecular complexity index is 982. The van der Waals surface area contributed by atoms with E-state index in [2.05, 4.69) is 44.5 Å². The number of methoxy groups -OCH3 is 1. The van der Waals surface area contributed by atoms with Crippen molar-refractivity contribution in [3.63, 3.8) is 0 Å². The van der Waals surface area contributed by atoms with Crippen molar-refractivity contribution in [3.05, 3.63) is 72.1 Å². The van der Waals surface area contributed by atoms with Crippen LogP contribution >= 0.6 is 0 Å². The van der Waals surface area contributed by atoms with Gasteiger partial charge in [0.15, 0.2) is 0 Å². The summed E-state index contributed by atoms with van der Waals surface area (Å²) in [6.07, 6.45) is 3.54. The van der Waals surface area contributed by atoms with Crippen molar-refractivity contribution in [3.8, 4) is 16.9 Å². The van der Waals surface area contributed by atoms with E-state index in [0.29, 0.717) is 11.3 Å². The molecule has 1 aliphatic heterocycles. The first-order chi connectivity index (χ1) is 15.1. The van der Waals surface area contributed by atoms with E-state index in [9.17, 15) is 4.79 Å². The molecule has 1 fully saturated rings. The maximum absolute atomic E-state index is 13.2. The molecule has 0 spiro atoms. The van der Waals surface area contributed by atoms with E-state index in [1.54, 1.807) is 25.6 Å². The average molecular weight is 420 g/mol. The molecule has 2 aromatic carbocycles. The summed E-state index contributed by atoms with van der Waals surface area (Å²) in [5, 5.41) is 10.1. The molecule has 0 aliphatic carbocycles. The first-order valence-corrected chi connectivity index (χ1v) is 10.6. The second kappa shape index (κ2) is 9.76. The Kier molecular flexibility index (Phi) is 6.64. The zero-order valence-electron chi connectivity index (χ0n) is 18.0. The molecule has 1 atom stereocenters. The van der Waals surface area contributed by atoms with Crippen LogP contribution in [0.15, 0.2) is 60.9 Å². The van der Waals surface area contributed by atoms with Gasteiger partial charge in [-0.1, -0.05) is 30.3 Å². The zero-order chi connectivity index (χ0) is 21.6.